The van der Waals surface area contributed by atoms with Gasteiger partial charge in [0, 0.05) is 43.2 Å². The second-order valence-corrected chi connectivity index (χ2v) is 9.92. The van der Waals surface area contributed by atoms with Gasteiger partial charge in [0.25, 0.3) is 0 Å². The van der Waals surface area contributed by atoms with Gasteiger partial charge in [-0.3, -0.25) is 4.79 Å². The molecule has 2 saturated heterocycles. The summed E-state index contributed by atoms with van der Waals surface area (Å²) in [7, 11) is 2.02. The summed E-state index contributed by atoms with van der Waals surface area (Å²) < 4.78 is 36.8. The number of phenolic OH excluding ortho intramolecular Hbond substituents is 1. The Hall–Kier alpha value is -3.50. The number of rotatable bonds is 6. The number of aromatic nitrogens is 2. The number of benzene rings is 2. The molecule has 0 bridgehead atoms. The molecule has 2 aliphatic rings. The van der Waals surface area contributed by atoms with E-state index < -0.39 is 17.4 Å². The van der Waals surface area contributed by atoms with Crippen LogP contribution >= 0.6 is 11.6 Å². The number of nitrogens with zero attached hydrogens (tertiary/aromatic N) is 5. The van der Waals surface area contributed by atoms with Crippen molar-refractivity contribution >= 4 is 34.2 Å². The van der Waals surface area contributed by atoms with Crippen molar-refractivity contribution in [1.29, 1.82) is 0 Å². The number of amides is 1. The second-order valence-electron chi connectivity index (χ2n) is 9.51. The number of aromatic hydroxyl groups is 1. The molecule has 3 aromatic rings. The van der Waals surface area contributed by atoms with E-state index in [0.29, 0.717) is 44.0 Å². The maximum atomic E-state index is 16.1. The molecule has 2 aromatic carbocycles. The Bertz CT molecular complexity index is 1380. The topological polar surface area (TPSA) is 82.0 Å². The molecule has 2 fully saturated rings. The number of likely N-dealkylation sites (N-methyl/N-ethyl adjacent to an activating group) is 1. The molecule has 1 amide bonds. The third-order valence-electron chi connectivity index (χ3n) is 7.23. The van der Waals surface area contributed by atoms with Gasteiger partial charge in [0.15, 0.2) is 5.82 Å². The molecule has 2 aliphatic heterocycles. The Morgan fingerprint density at radius 2 is 1.97 bits per heavy atom. The summed E-state index contributed by atoms with van der Waals surface area (Å²) in [5.41, 5.74) is -0.734. The third kappa shape index (κ3) is 4.86. The lowest BCUT2D eigenvalue weighted by molar-refractivity contribution is -0.126. The lowest BCUT2D eigenvalue weighted by atomic mass is 10.0. The van der Waals surface area contributed by atoms with Crippen molar-refractivity contribution in [2.75, 3.05) is 51.3 Å². The van der Waals surface area contributed by atoms with Gasteiger partial charge in [0.05, 0.1) is 10.6 Å². The van der Waals surface area contributed by atoms with Crippen molar-refractivity contribution in [3.63, 3.8) is 0 Å². The van der Waals surface area contributed by atoms with Crippen molar-refractivity contribution in [3.05, 3.63) is 53.6 Å². The lowest BCUT2D eigenvalue weighted by Gasteiger charge is -2.35. The minimum absolute atomic E-state index is 0.0117. The number of ether oxygens (including phenoxy) is 1. The zero-order valence-electron chi connectivity index (χ0n) is 21.0. The van der Waals surface area contributed by atoms with E-state index in [2.05, 4.69) is 21.4 Å². The van der Waals surface area contributed by atoms with Crippen molar-refractivity contribution in [2.45, 2.75) is 18.9 Å². The van der Waals surface area contributed by atoms with Gasteiger partial charge >= 0.3 is 6.01 Å². The Morgan fingerprint density at radius 1 is 1.21 bits per heavy atom. The van der Waals surface area contributed by atoms with Crippen LogP contribution in [0.4, 0.5) is 14.6 Å². The monoisotopic (exact) mass is 543 g/mol. The fraction of sp³-hybridized carbons (Fsp3) is 0.370. The number of carbonyl (C=O) groups is 1. The Kier molecular flexibility index (Phi) is 7.36. The van der Waals surface area contributed by atoms with Crippen molar-refractivity contribution in [2.24, 2.45) is 0 Å². The van der Waals surface area contributed by atoms with Gasteiger partial charge in [-0.2, -0.15) is 9.97 Å². The van der Waals surface area contributed by atoms with E-state index in [1.807, 2.05) is 11.9 Å². The molecule has 5 rings (SSSR count). The highest BCUT2D eigenvalue weighted by Crippen LogP contribution is 2.42. The quantitative estimate of drug-likeness (QED) is 0.466. The summed E-state index contributed by atoms with van der Waals surface area (Å²) in [6.45, 7) is 6.57. The van der Waals surface area contributed by atoms with Crippen molar-refractivity contribution < 1.29 is 23.4 Å². The standard InChI is InChI=1S/C27H28ClF2N5O3/c1-3-21(37)34-10-12-35(13-11-34)26-17-14-18(28)22(23-19(29)7-4-8-20(23)36)24(30)25(17)31-27(32-26)38-15-16-6-5-9-33(16)2/h3-4,7-8,14,16,36H,1,5-6,9-13,15H2,2H3/t16-/m0/s1. The fourth-order valence-corrected chi connectivity index (χ4v) is 5.37. The maximum Gasteiger partial charge on any atom is 0.319 e. The molecule has 0 unspecified atom stereocenters. The van der Waals surface area contributed by atoms with Crippen LogP contribution in [0.1, 0.15) is 12.8 Å². The minimum Gasteiger partial charge on any atom is -0.507 e. The Morgan fingerprint density at radius 3 is 2.63 bits per heavy atom. The Balaban J connectivity index is 1.60. The smallest absolute Gasteiger partial charge is 0.319 e. The first kappa shape index (κ1) is 26.1. The molecule has 0 saturated carbocycles. The van der Waals surface area contributed by atoms with Crippen molar-refractivity contribution in [3.8, 4) is 22.9 Å². The minimum atomic E-state index is -0.889. The summed E-state index contributed by atoms with van der Waals surface area (Å²) in [5, 5.41) is 10.5. The van der Waals surface area contributed by atoms with E-state index in [4.69, 9.17) is 16.3 Å². The lowest BCUT2D eigenvalue weighted by Crippen LogP contribution is -2.48. The number of anilines is 1. The van der Waals surface area contributed by atoms with Crippen LogP contribution in [0.3, 0.4) is 0 Å². The van der Waals surface area contributed by atoms with Crippen molar-refractivity contribution in [1.82, 2.24) is 19.8 Å². The van der Waals surface area contributed by atoms with Gasteiger partial charge in [-0.05, 0) is 50.7 Å². The molecule has 38 heavy (non-hydrogen) atoms. The number of phenols is 1. The van der Waals surface area contributed by atoms with Gasteiger partial charge in [-0.15, -0.1) is 0 Å². The normalized spacial score (nSPS) is 18.3. The van der Waals surface area contributed by atoms with E-state index in [9.17, 15) is 14.3 Å². The maximum absolute atomic E-state index is 16.1. The van der Waals surface area contributed by atoms with Gasteiger partial charge in [-0.25, -0.2) is 8.78 Å². The first-order chi connectivity index (χ1) is 18.3. The Labute approximate surface area is 224 Å². The summed E-state index contributed by atoms with van der Waals surface area (Å²) >= 11 is 6.49. The first-order valence-corrected chi connectivity index (χ1v) is 12.8. The zero-order chi connectivity index (χ0) is 27.0. The van der Waals surface area contributed by atoms with Gasteiger partial charge < -0.3 is 24.5 Å². The highest BCUT2D eigenvalue weighted by molar-refractivity contribution is 6.34. The predicted molar refractivity (Wildman–Crippen MR) is 142 cm³/mol. The molecule has 0 spiro atoms. The third-order valence-corrected chi connectivity index (χ3v) is 7.52. The van der Waals surface area contributed by atoms with E-state index in [1.165, 1.54) is 24.3 Å². The largest absolute Gasteiger partial charge is 0.507 e. The van der Waals surface area contributed by atoms with Crippen LogP contribution in [-0.2, 0) is 4.79 Å². The summed E-state index contributed by atoms with van der Waals surface area (Å²) in [4.78, 5) is 26.8. The molecule has 0 radical (unpaired) electrons. The van der Waals surface area contributed by atoms with Gasteiger partial charge in [-0.1, -0.05) is 24.2 Å². The molecule has 8 nitrogen and oxygen atoms in total. The molecule has 1 N–H and O–H groups in total. The highest BCUT2D eigenvalue weighted by Gasteiger charge is 2.28. The summed E-state index contributed by atoms with van der Waals surface area (Å²) in [6.07, 6.45) is 3.30. The molecular formula is C27H28ClF2N5O3. The molecule has 3 heterocycles. The first-order valence-electron chi connectivity index (χ1n) is 12.5. The highest BCUT2D eigenvalue weighted by atomic mass is 35.5. The number of halogens is 3. The average molecular weight is 544 g/mol. The van der Waals surface area contributed by atoms with Crippen LogP contribution in [0.15, 0.2) is 36.9 Å². The number of fused-ring (bicyclic) bond motifs is 1. The number of hydrogen-bond donors (Lipinski definition) is 1. The average Bonchev–Trinajstić information content (AvgIpc) is 3.33. The second kappa shape index (κ2) is 10.7. The number of hydrogen-bond acceptors (Lipinski definition) is 7. The molecule has 0 aliphatic carbocycles. The van der Waals surface area contributed by atoms with Crippen LogP contribution in [0.5, 0.6) is 11.8 Å². The molecule has 1 atom stereocenters. The summed E-state index contributed by atoms with van der Waals surface area (Å²) in [5.74, 6) is -1.91. The van der Waals surface area contributed by atoms with Gasteiger partial charge in [0.1, 0.15) is 29.5 Å². The van der Waals surface area contributed by atoms with Crippen LogP contribution < -0.4 is 9.64 Å². The molecule has 11 heteroatoms. The zero-order valence-corrected chi connectivity index (χ0v) is 21.7. The van der Waals surface area contributed by atoms with E-state index in [-0.39, 0.29) is 39.6 Å². The molecule has 200 valence electrons. The molecular weight excluding hydrogens is 516 g/mol. The van der Waals surface area contributed by atoms with E-state index in [0.717, 1.165) is 25.5 Å². The van der Waals surface area contributed by atoms with Crippen LogP contribution in [0.2, 0.25) is 5.02 Å². The number of likely N-dealkylation sites (tertiary alicyclic amines) is 1. The molecule has 1 aromatic heterocycles. The van der Waals surface area contributed by atoms with Crippen LogP contribution in [-0.4, -0.2) is 83.2 Å². The predicted octanol–water partition coefficient (Wildman–Crippen LogP) is 4.24. The van der Waals surface area contributed by atoms with E-state index >= 15 is 4.39 Å². The summed E-state index contributed by atoms with van der Waals surface area (Å²) in [6, 6.07) is 5.36. The van der Waals surface area contributed by atoms with Crippen LogP contribution in [0.25, 0.3) is 22.0 Å². The van der Waals surface area contributed by atoms with Gasteiger partial charge in [0.2, 0.25) is 5.91 Å². The SMILES string of the molecule is C=CC(=O)N1CCN(c2nc(OC[C@@H]3CCCN3C)nc3c(F)c(-c4c(O)cccc4F)c(Cl)cc23)CC1. The van der Waals surface area contributed by atoms with Crippen LogP contribution in [0, 0.1) is 11.6 Å². The fourth-order valence-electron chi connectivity index (χ4n) is 5.08. The van der Waals surface area contributed by atoms with E-state index in [1.54, 1.807) is 4.90 Å². The number of carbonyl (C=O) groups excluding carboxylic acids is 1. The number of piperazine rings is 1.